The second-order valence-corrected chi connectivity index (χ2v) is 4.68. The molecule has 0 aliphatic carbocycles. The maximum atomic E-state index is 10.8. The minimum absolute atomic E-state index is 0.119. The highest BCUT2D eigenvalue weighted by atomic mass is 35.5. The fraction of sp³-hybridized carbons (Fsp3) is 0.0769. The lowest BCUT2D eigenvalue weighted by Gasteiger charge is -2.08. The summed E-state index contributed by atoms with van der Waals surface area (Å²) in [4.78, 5) is 10.3. The Morgan fingerprint density at radius 2 is 1.84 bits per heavy atom. The van der Waals surface area contributed by atoms with Gasteiger partial charge in [0.2, 0.25) is 0 Å². The molecule has 2 rings (SSSR count). The third-order valence-corrected chi connectivity index (χ3v) is 3.27. The van der Waals surface area contributed by atoms with E-state index in [1.807, 2.05) is 18.2 Å². The standard InChI is InChI=1S/C13H10Cl2N2O2/c14-11-4-2-1-3-9(11)8-16-10-5-6-12(15)13(7-10)17(18)19/h1-7,16H,8H2. The van der Waals surface area contributed by atoms with Crippen molar-refractivity contribution in [1.29, 1.82) is 0 Å². The molecule has 2 aromatic rings. The third-order valence-electron chi connectivity index (χ3n) is 2.58. The molecule has 0 heterocycles. The highest BCUT2D eigenvalue weighted by molar-refractivity contribution is 6.32. The number of hydrogen-bond acceptors (Lipinski definition) is 3. The number of nitro benzene ring substituents is 1. The molecule has 0 aliphatic heterocycles. The lowest BCUT2D eigenvalue weighted by molar-refractivity contribution is -0.384. The smallest absolute Gasteiger partial charge is 0.289 e. The van der Waals surface area contributed by atoms with Gasteiger partial charge in [0, 0.05) is 23.3 Å². The summed E-state index contributed by atoms with van der Waals surface area (Å²) in [5.74, 6) is 0. The van der Waals surface area contributed by atoms with Crippen molar-refractivity contribution < 1.29 is 4.92 Å². The first-order valence-electron chi connectivity index (χ1n) is 5.49. The van der Waals surface area contributed by atoms with Gasteiger partial charge in [0.25, 0.3) is 5.69 Å². The Labute approximate surface area is 120 Å². The third kappa shape index (κ3) is 3.36. The van der Waals surface area contributed by atoms with Crippen LogP contribution in [0.1, 0.15) is 5.56 Å². The Morgan fingerprint density at radius 3 is 2.53 bits per heavy atom. The Kier molecular flexibility index (Phi) is 4.24. The van der Waals surface area contributed by atoms with Gasteiger partial charge in [-0.1, -0.05) is 41.4 Å². The minimum atomic E-state index is -0.511. The van der Waals surface area contributed by atoms with Gasteiger partial charge >= 0.3 is 0 Å². The number of hydrogen-bond donors (Lipinski definition) is 1. The van der Waals surface area contributed by atoms with Crippen molar-refractivity contribution in [2.45, 2.75) is 6.54 Å². The summed E-state index contributed by atoms with van der Waals surface area (Å²) in [6.07, 6.45) is 0. The van der Waals surface area contributed by atoms with E-state index in [2.05, 4.69) is 5.32 Å². The maximum absolute atomic E-state index is 10.8. The molecule has 0 atom stereocenters. The summed E-state index contributed by atoms with van der Waals surface area (Å²) in [7, 11) is 0. The second kappa shape index (κ2) is 5.91. The van der Waals surface area contributed by atoms with Gasteiger partial charge in [-0.15, -0.1) is 0 Å². The molecule has 0 aromatic heterocycles. The van der Waals surface area contributed by atoms with Crippen LogP contribution in [0.3, 0.4) is 0 Å². The summed E-state index contributed by atoms with van der Waals surface area (Å²) in [6, 6.07) is 12.0. The largest absolute Gasteiger partial charge is 0.381 e. The number of rotatable bonds is 4. The van der Waals surface area contributed by atoms with E-state index in [9.17, 15) is 10.1 Å². The molecule has 0 radical (unpaired) electrons. The monoisotopic (exact) mass is 296 g/mol. The van der Waals surface area contributed by atoms with Crippen LogP contribution in [0.5, 0.6) is 0 Å². The second-order valence-electron chi connectivity index (χ2n) is 3.87. The van der Waals surface area contributed by atoms with E-state index < -0.39 is 4.92 Å². The van der Waals surface area contributed by atoms with Crippen molar-refractivity contribution in [2.24, 2.45) is 0 Å². The first kappa shape index (κ1) is 13.6. The summed E-state index contributed by atoms with van der Waals surface area (Å²) < 4.78 is 0. The van der Waals surface area contributed by atoms with Gasteiger partial charge in [-0.2, -0.15) is 0 Å². The van der Waals surface area contributed by atoms with Crippen LogP contribution in [0, 0.1) is 10.1 Å². The molecule has 0 unspecified atom stereocenters. The summed E-state index contributed by atoms with van der Waals surface area (Å²) in [5, 5.41) is 14.6. The number of benzene rings is 2. The van der Waals surface area contributed by atoms with Crippen molar-refractivity contribution in [3.05, 3.63) is 68.2 Å². The average molecular weight is 297 g/mol. The molecule has 0 amide bonds. The van der Waals surface area contributed by atoms with Gasteiger partial charge in [0.1, 0.15) is 5.02 Å². The van der Waals surface area contributed by atoms with Crippen molar-refractivity contribution in [3.8, 4) is 0 Å². The summed E-state index contributed by atoms with van der Waals surface area (Å²) in [5.41, 5.74) is 1.42. The van der Waals surface area contributed by atoms with Gasteiger partial charge in [-0.25, -0.2) is 0 Å². The van der Waals surface area contributed by atoms with E-state index in [0.717, 1.165) is 5.56 Å². The van der Waals surface area contributed by atoms with Crippen LogP contribution in [0.15, 0.2) is 42.5 Å². The van der Waals surface area contributed by atoms with Crippen LogP contribution in [0.4, 0.5) is 11.4 Å². The number of halogens is 2. The Balaban J connectivity index is 2.14. The van der Waals surface area contributed by atoms with Crippen molar-refractivity contribution >= 4 is 34.6 Å². The number of nitrogens with zero attached hydrogens (tertiary/aromatic N) is 1. The van der Waals surface area contributed by atoms with E-state index in [1.54, 1.807) is 12.1 Å². The molecule has 0 saturated heterocycles. The highest BCUT2D eigenvalue weighted by Gasteiger charge is 2.12. The quantitative estimate of drug-likeness (QED) is 0.667. The highest BCUT2D eigenvalue weighted by Crippen LogP contribution is 2.27. The molecule has 0 aliphatic rings. The Bertz CT molecular complexity index is 617. The van der Waals surface area contributed by atoms with E-state index in [0.29, 0.717) is 17.3 Å². The molecule has 0 saturated carbocycles. The molecule has 19 heavy (non-hydrogen) atoms. The zero-order valence-electron chi connectivity index (χ0n) is 9.77. The van der Waals surface area contributed by atoms with E-state index in [-0.39, 0.29) is 10.7 Å². The van der Waals surface area contributed by atoms with Crippen LogP contribution in [-0.2, 0) is 6.54 Å². The Morgan fingerprint density at radius 1 is 1.11 bits per heavy atom. The first-order chi connectivity index (χ1) is 9.08. The lowest BCUT2D eigenvalue weighted by Crippen LogP contribution is -2.00. The molecule has 6 heteroatoms. The molecule has 1 N–H and O–H groups in total. The number of nitro groups is 1. The van der Waals surface area contributed by atoms with Crippen LogP contribution in [0.2, 0.25) is 10.0 Å². The predicted molar refractivity (Wildman–Crippen MR) is 76.9 cm³/mol. The van der Waals surface area contributed by atoms with Gasteiger partial charge in [-0.05, 0) is 23.8 Å². The maximum Gasteiger partial charge on any atom is 0.289 e. The summed E-state index contributed by atoms with van der Waals surface area (Å²) in [6.45, 7) is 0.485. The summed E-state index contributed by atoms with van der Waals surface area (Å²) >= 11 is 11.8. The zero-order valence-corrected chi connectivity index (χ0v) is 11.3. The van der Waals surface area contributed by atoms with Gasteiger partial charge in [-0.3, -0.25) is 10.1 Å². The number of nitrogens with one attached hydrogen (secondary N) is 1. The van der Waals surface area contributed by atoms with Crippen LogP contribution >= 0.6 is 23.2 Å². The van der Waals surface area contributed by atoms with Crippen LogP contribution in [-0.4, -0.2) is 4.92 Å². The molecule has 0 spiro atoms. The van der Waals surface area contributed by atoms with E-state index >= 15 is 0 Å². The van der Waals surface area contributed by atoms with Gasteiger partial charge in [0.15, 0.2) is 0 Å². The number of anilines is 1. The molecule has 4 nitrogen and oxygen atoms in total. The SMILES string of the molecule is O=[N+]([O-])c1cc(NCc2ccccc2Cl)ccc1Cl. The minimum Gasteiger partial charge on any atom is -0.381 e. The predicted octanol–water partition coefficient (Wildman–Crippen LogP) is 4.51. The fourth-order valence-electron chi connectivity index (χ4n) is 1.60. The van der Waals surface area contributed by atoms with Crippen molar-refractivity contribution in [1.82, 2.24) is 0 Å². The fourth-order valence-corrected chi connectivity index (χ4v) is 1.99. The normalized spacial score (nSPS) is 10.2. The molecule has 0 bridgehead atoms. The van der Waals surface area contributed by atoms with Crippen molar-refractivity contribution in [2.75, 3.05) is 5.32 Å². The van der Waals surface area contributed by atoms with E-state index in [1.165, 1.54) is 12.1 Å². The van der Waals surface area contributed by atoms with Gasteiger partial charge < -0.3 is 5.32 Å². The molecular weight excluding hydrogens is 287 g/mol. The lowest BCUT2D eigenvalue weighted by atomic mass is 10.2. The molecular formula is C13H10Cl2N2O2. The Hall–Kier alpha value is -1.78. The van der Waals surface area contributed by atoms with Crippen LogP contribution in [0.25, 0.3) is 0 Å². The van der Waals surface area contributed by atoms with Crippen molar-refractivity contribution in [3.63, 3.8) is 0 Å². The zero-order chi connectivity index (χ0) is 13.8. The van der Waals surface area contributed by atoms with Gasteiger partial charge in [0.05, 0.1) is 4.92 Å². The molecule has 2 aromatic carbocycles. The average Bonchev–Trinajstić information content (AvgIpc) is 2.39. The van der Waals surface area contributed by atoms with Crippen LogP contribution < -0.4 is 5.32 Å². The molecule has 98 valence electrons. The van der Waals surface area contributed by atoms with E-state index in [4.69, 9.17) is 23.2 Å². The molecule has 0 fully saturated rings. The topological polar surface area (TPSA) is 55.2 Å². The first-order valence-corrected chi connectivity index (χ1v) is 6.25.